The molecule has 0 radical (unpaired) electrons. The third kappa shape index (κ3) is 6.84. The van der Waals surface area contributed by atoms with Crippen molar-refractivity contribution in [3.63, 3.8) is 0 Å². The molecule has 1 aromatic heterocycles. The fourth-order valence-electron chi connectivity index (χ4n) is 1.93. The molecule has 0 aliphatic rings. The first kappa shape index (κ1) is 20.0. The average Bonchev–Trinajstić information content (AvgIpc) is 2.65. The van der Waals surface area contributed by atoms with Gasteiger partial charge < -0.3 is 9.47 Å². The number of aromatic nitrogens is 1. The first-order valence-corrected chi connectivity index (χ1v) is 7.64. The van der Waals surface area contributed by atoms with Gasteiger partial charge in [0.15, 0.2) is 6.61 Å². The quantitative estimate of drug-likeness (QED) is 0.745. The van der Waals surface area contributed by atoms with E-state index in [1.54, 1.807) is 24.3 Å². The van der Waals surface area contributed by atoms with Crippen molar-refractivity contribution in [1.82, 2.24) is 15.8 Å². The van der Waals surface area contributed by atoms with E-state index >= 15 is 0 Å². The van der Waals surface area contributed by atoms with Gasteiger partial charge in [-0.2, -0.15) is 13.2 Å². The lowest BCUT2D eigenvalue weighted by molar-refractivity contribution is -0.154. The summed E-state index contributed by atoms with van der Waals surface area (Å²) in [6, 6.07) is 9.18. The number of nitrogens with zero attached hydrogens (tertiary/aromatic N) is 1. The largest absolute Gasteiger partial charge is 0.497 e. The number of benzene rings is 1. The number of carbonyl (C=O) groups excluding carboxylic acids is 2. The summed E-state index contributed by atoms with van der Waals surface area (Å²) in [7, 11) is 1.53. The second-order valence-electron chi connectivity index (χ2n) is 5.32. The smallest absolute Gasteiger partial charge is 0.422 e. The van der Waals surface area contributed by atoms with Crippen LogP contribution in [0, 0.1) is 0 Å². The van der Waals surface area contributed by atoms with Gasteiger partial charge in [-0.1, -0.05) is 12.1 Å². The van der Waals surface area contributed by atoms with Gasteiger partial charge >= 0.3 is 6.18 Å². The molecule has 0 bridgehead atoms. The van der Waals surface area contributed by atoms with Crippen molar-refractivity contribution >= 4 is 11.8 Å². The lowest BCUT2D eigenvalue weighted by Crippen LogP contribution is -2.42. The molecule has 0 unspecified atom stereocenters. The molecule has 2 aromatic rings. The Morgan fingerprint density at radius 2 is 1.78 bits per heavy atom. The Morgan fingerprint density at radius 3 is 2.33 bits per heavy atom. The van der Waals surface area contributed by atoms with Crippen molar-refractivity contribution < 1.29 is 32.2 Å². The van der Waals surface area contributed by atoms with E-state index in [1.807, 2.05) is 0 Å². The van der Waals surface area contributed by atoms with Crippen LogP contribution in [0.2, 0.25) is 0 Å². The Hall–Kier alpha value is -3.30. The minimum Gasteiger partial charge on any atom is -0.497 e. The molecule has 10 heteroatoms. The highest BCUT2D eigenvalue weighted by Crippen LogP contribution is 2.17. The molecule has 7 nitrogen and oxygen atoms in total. The molecule has 2 rings (SSSR count). The molecular weight excluding hydrogens is 367 g/mol. The molecular formula is C17H16F3N3O4. The fourth-order valence-corrected chi connectivity index (χ4v) is 1.93. The van der Waals surface area contributed by atoms with Gasteiger partial charge in [-0.3, -0.25) is 20.4 Å². The van der Waals surface area contributed by atoms with Crippen LogP contribution in [0.15, 0.2) is 42.6 Å². The molecule has 0 aliphatic heterocycles. The molecule has 2 amide bonds. The number of hydrazine groups is 1. The maximum absolute atomic E-state index is 12.1. The van der Waals surface area contributed by atoms with E-state index in [0.29, 0.717) is 5.75 Å². The van der Waals surface area contributed by atoms with Crippen LogP contribution >= 0.6 is 0 Å². The van der Waals surface area contributed by atoms with E-state index in [2.05, 4.69) is 20.6 Å². The highest BCUT2D eigenvalue weighted by atomic mass is 19.4. The second kappa shape index (κ2) is 8.88. The van der Waals surface area contributed by atoms with Crippen molar-refractivity contribution in [1.29, 1.82) is 0 Å². The highest BCUT2D eigenvalue weighted by molar-refractivity contribution is 5.95. The van der Waals surface area contributed by atoms with Crippen LogP contribution in [0.25, 0.3) is 0 Å². The summed E-state index contributed by atoms with van der Waals surface area (Å²) in [5, 5.41) is 0. The molecule has 1 heterocycles. The summed E-state index contributed by atoms with van der Waals surface area (Å²) in [5.41, 5.74) is 5.19. The Morgan fingerprint density at radius 1 is 1.07 bits per heavy atom. The molecule has 2 N–H and O–H groups in total. The number of hydrogen-bond donors (Lipinski definition) is 2. The summed E-state index contributed by atoms with van der Waals surface area (Å²) in [5.74, 6) is -0.741. The number of hydrogen-bond acceptors (Lipinski definition) is 5. The molecule has 0 spiro atoms. The molecule has 0 aliphatic carbocycles. The van der Waals surface area contributed by atoms with Gasteiger partial charge in [0.05, 0.1) is 19.1 Å². The molecule has 0 fully saturated rings. The number of halogens is 3. The summed E-state index contributed by atoms with van der Waals surface area (Å²) in [6.45, 7) is -1.48. The Kier molecular flexibility index (Phi) is 6.58. The van der Waals surface area contributed by atoms with Gasteiger partial charge in [0.2, 0.25) is 11.8 Å². The standard InChI is InChI=1S/C17H16F3N3O4/c1-26-13-5-2-11(3-6-13)8-14(24)22-23-16(25)12-4-7-15(21-9-12)27-10-17(18,19)20/h2-7,9H,8,10H2,1H3,(H,22,24)(H,23,25). The zero-order valence-corrected chi connectivity index (χ0v) is 14.2. The first-order valence-electron chi connectivity index (χ1n) is 7.64. The Bertz CT molecular complexity index is 778. The van der Waals surface area contributed by atoms with Gasteiger partial charge in [0, 0.05) is 12.3 Å². The third-order valence-corrected chi connectivity index (χ3v) is 3.22. The van der Waals surface area contributed by atoms with E-state index in [9.17, 15) is 22.8 Å². The van der Waals surface area contributed by atoms with Crippen LogP contribution in [-0.4, -0.2) is 36.7 Å². The fraction of sp³-hybridized carbons (Fsp3) is 0.235. The Balaban J connectivity index is 1.81. The number of methoxy groups -OCH3 is 1. The predicted molar refractivity (Wildman–Crippen MR) is 88.1 cm³/mol. The number of nitrogens with one attached hydrogen (secondary N) is 2. The van der Waals surface area contributed by atoms with Crippen molar-refractivity contribution in [2.24, 2.45) is 0 Å². The van der Waals surface area contributed by atoms with Crippen molar-refractivity contribution in [3.05, 3.63) is 53.7 Å². The van der Waals surface area contributed by atoms with E-state index in [4.69, 9.17) is 4.74 Å². The van der Waals surface area contributed by atoms with Gasteiger partial charge in [-0.15, -0.1) is 0 Å². The Labute approximate surface area is 152 Å². The molecule has 1 aromatic carbocycles. The predicted octanol–water partition coefficient (Wildman–Crippen LogP) is 2.04. The maximum Gasteiger partial charge on any atom is 0.422 e. The zero-order valence-electron chi connectivity index (χ0n) is 14.2. The minimum absolute atomic E-state index is 0.0345. The molecule has 144 valence electrons. The van der Waals surface area contributed by atoms with Crippen molar-refractivity contribution in [2.75, 3.05) is 13.7 Å². The molecule has 0 saturated carbocycles. The van der Waals surface area contributed by atoms with Gasteiger partial charge in [0.25, 0.3) is 5.91 Å². The van der Waals surface area contributed by atoms with E-state index in [0.717, 1.165) is 17.8 Å². The second-order valence-corrected chi connectivity index (χ2v) is 5.32. The van der Waals surface area contributed by atoms with Crippen LogP contribution in [0.4, 0.5) is 13.2 Å². The lowest BCUT2D eigenvalue weighted by Gasteiger charge is -2.09. The monoisotopic (exact) mass is 383 g/mol. The SMILES string of the molecule is COc1ccc(CC(=O)NNC(=O)c2ccc(OCC(F)(F)F)nc2)cc1. The van der Waals surface area contributed by atoms with E-state index in [-0.39, 0.29) is 17.9 Å². The summed E-state index contributed by atoms with van der Waals surface area (Å²) < 4.78 is 45.6. The molecule has 27 heavy (non-hydrogen) atoms. The molecule has 0 saturated heterocycles. The van der Waals surface area contributed by atoms with Crippen LogP contribution in [0.5, 0.6) is 11.6 Å². The normalized spacial score (nSPS) is 10.8. The number of alkyl halides is 3. The zero-order chi connectivity index (χ0) is 19.9. The number of rotatable bonds is 6. The van der Waals surface area contributed by atoms with Crippen molar-refractivity contribution in [3.8, 4) is 11.6 Å². The average molecular weight is 383 g/mol. The summed E-state index contributed by atoms with van der Waals surface area (Å²) in [6.07, 6.45) is -3.41. The third-order valence-electron chi connectivity index (χ3n) is 3.22. The van der Waals surface area contributed by atoms with Crippen LogP contribution in [0.1, 0.15) is 15.9 Å². The number of pyridine rings is 1. The molecule has 0 atom stereocenters. The van der Waals surface area contributed by atoms with Crippen LogP contribution in [0.3, 0.4) is 0 Å². The van der Waals surface area contributed by atoms with Crippen LogP contribution in [-0.2, 0) is 11.2 Å². The first-order chi connectivity index (χ1) is 12.8. The van der Waals surface area contributed by atoms with Gasteiger partial charge in [0.1, 0.15) is 5.75 Å². The van der Waals surface area contributed by atoms with Crippen molar-refractivity contribution in [2.45, 2.75) is 12.6 Å². The van der Waals surface area contributed by atoms with Gasteiger partial charge in [-0.05, 0) is 23.8 Å². The highest BCUT2D eigenvalue weighted by Gasteiger charge is 2.28. The van der Waals surface area contributed by atoms with Gasteiger partial charge in [-0.25, -0.2) is 4.98 Å². The van der Waals surface area contributed by atoms with E-state index in [1.165, 1.54) is 13.2 Å². The van der Waals surface area contributed by atoms with E-state index < -0.39 is 24.6 Å². The summed E-state index contributed by atoms with van der Waals surface area (Å²) in [4.78, 5) is 27.4. The van der Waals surface area contributed by atoms with Crippen LogP contribution < -0.4 is 20.3 Å². The number of ether oxygens (including phenoxy) is 2. The topological polar surface area (TPSA) is 89.6 Å². The number of carbonyl (C=O) groups is 2. The minimum atomic E-state index is -4.48. The number of amides is 2. The lowest BCUT2D eigenvalue weighted by atomic mass is 10.1. The maximum atomic E-state index is 12.1. The summed E-state index contributed by atoms with van der Waals surface area (Å²) >= 11 is 0.